The van der Waals surface area contributed by atoms with E-state index in [0.717, 1.165) is 17.3 Å². The van der Waals surface area contributed by atoms with Gasteiger partial charge in [-0.05, 0) is 36.8 Å². The van der Waals surface area contributed by atoms with Gasteiger partial charge >= 0.3 is 0 Å². The van der Waals surface area contributed by atoms with Gasteiger partial charge in [-0.2, -0.15) is 5.10 Å². The van der Waals surface area contributed by atoms with Gasteiger partial charge in [0, 0.05) is 23.2 Å². The number of fused-ring (bicyclic) bond motifs is 1. The van der Waals surface area contributed by atoms with Crippen LogP contribution in [0.3, 0.4) is 0 Å². The lowest BCUT2D eigenvalue weighted by atomic mass is 10.00. The van der Waals surface area contributed by atoms with E-state index in [0.29, 0.717) is 47.8 Å². The SMILES string of the molecule is Cc1cc(-n2cc(F)cn2)c2cccc(OCc3c(Cl)cc(F)cc3C3COCCN3)c2n1. The van der Waals surface area contributed by atoms with Crippen LogP contribution in [0.15, 0.2) is 48.8 Å². The van der Waals surface area contributed by atoms with E-state index < -0.39 is 11.6 Å². The summed E-state index contributed by atoms with van der Waals surface area (Å²) in [7, 11) is 0. The predicted molar refractivity (Wildman–Crippen MR) is 121 cm³/mol. The average molecular weight is 471 g/mol. The van der Waals surface area contributed by atoms with Crippen LogP contribution < -0.4 is 10.1 Å². The van der Waals surface area contributed by atoms with E-state index in [-0.39, 0.29) is 17.7 Å². The summed E-state index contributed by atoms with van der Waals surface area (Å²) in [4.78, 5) is 4.64. The average Bonchev–Trinajstić information content (AvgIpc) is 3.24. The minimum Gasteiger partial charge on any atom is -0.487 e. The Morgan fingerprint density at radius 2 is 2.12 bits per heavy atom. The van der Waals surface area contributed by atoms with E-state index in [1.807, 2.05) is 25.1 Å². The Balaban J connectivity index is 1.52. The number of hydrogen-bond donors (Lipinski definition) is 1. The molecule has 33 heavy (non-hydrogen) atoms. The molecule has 1 saturated heterocycles. The molecule has 0 saturated carbocycles. The minimum absolute atomic E-state index is 0.118. The number of aromatic nitrogens is 3. The van der Waals surface area contributed by atoms with E-state index in [2.05, 4.69) is 15.4 Å². The summed E-state index contributed by atoms with van der Waals surface area (Å²) in [6, 6.07) is 9.92. The zero-order chi connectivity index (χ0) is 22.9. The smallest absolute Gasteiger partial charge is 0.161 e. The zero-order valence-electron chi connectivity index (χ0n) is 17.8. The van der Waals surface area contributed by atoms with Crippen molar-refractivity contribution in [1.82, 2.24) is 20.1 Å². The second-order valence-electron chi connectivity index (χ2n) is 7.86. The van der Waals surface area contributed by atoms with Gasteiger partial charge in [-0.25, -0.2) is 18.4 Å². The number of ether oxygens (including phenoxy) is 2. The largest absolute Gasteiger partial charge is 0.487 e. The molecule has 1 fully saturated rings. The molecule has 2 aromatic carbocycles. The van der Waals surface area contributed by atoms with E-state index in [4.69, 9.17) is 21.1 Å². The molecule has 9 heteroatoms. The molecule has 0 bridgehead atoms. The fourth-order valence-electron chi connectivity index (χ4n) is 4.07. The van der Waals surface area contributed by atoms with Gasteiger partial charge in [0.2, 0.25) is 0 Å². The van der Waals surface area contributed by atoms with Crippen molar-refractivity contribution in [3.8, 4) is 11.4 Å². The number of hydrogen-bond acceptors (Lipinski definition) is 5. The highest BCUT2D eigenvalue weighted by atomic mass is 35.5. The summed E-state index contributed by atoms with van der Waals surface area (Å²) < 4.78 is 40.9. The summed E-state index contributed by atoms with van der Waals surface area (Å²) in [5.74, 6) is -0.308. The van der Waals surface area contributed by atoms with Gasteiger partial charge < -0.3 is 14.8 Å². The van der Waals surface area contributed by atoms with Crippen LogP contribution in [0.25, 0.3) is 16.6 Å². The van der Waals surface area contributed by atoms with Gasteiger partial charge in [-0.1, -0.05) is 23.7 Å². The van der Waals surface area contributed by atoms with E-state index >= 15 is 0 Å². The summed E-state index contributed by atoms with van der Waals surface area (Å²) in [5, 5.41) is 8.46. The van der Waals surface area contributed by atoms with Crippen LogP contribution in [-0.2, 0) is 11.3 Å². The highest BCUT2D eigenvalue weighted by Gasteiger charge is 2.22. The van der Waals surface area contributed by atoms with E-state index in [9.17, 15) is 8.78 Å². The van der Waals surface area contributed by atoms with Crippen LogP contribution in [0.2, 0.25) is 5.02 Å². The van der Waals surface area contributed by atoms with Crippen molar-refractivity contribution in [3.05, 3.63) is 82.3 Å². The first-order valence-electron chi connectivity index (χ1n) is 10.5. The van der Waals surface area contributed by atoms with Crippen LogP contribution in [0.5, 0.6) is 5.75 Å². The molecule has 0 radical (unpaired) electrons. The molecule has 0 spiro atoms. The van der Waals surface area contributed by atoms with Crippen LogP contribution >= 0.6 is 11.6 Å². The van der Waals surface area contributed by atoms with Crippen molar-refractivity contribution in [1.29, 1.82) is 0 Å². The third-order valence-electron chi connectivity index (χ3n) is 5.57. The van der Waals surface area contributed by atoms with Crippen LogP contribution in [0, 0.1) is 18.6 Å². The molecule has 1 aliphatic heterocycles. The highest BCUT2D eigenvalue weighted by Crippen LogP contribution is 2.32. The van der Waals surface area contributed by atoms with Crippen molar-refractivity contribution >= 4 is 22.5 Å². The Morgan fingerprint density at radius 1 is 1.24 bits per heavy atom. The van der Waals surface area contributed by atoms with Gasteiger partial charge in [0.15, 0.2) is 5.82 Å². The molecule has 5 rings (SSSR count). The molecule has 0 amide bonds. The first-order chi connectivity index (χ1) is 16.0. The maximum absolute atomic E-state index is 14.1. The number of aryl methyl sites for hydroxylation is 1. The number of halogens is 3. The predicted octanol–water partition coefficient (Wildman–Crippen LogP) is 4.90. The summed E-state index contributed by atoms with van der Waals surface area (Å²) >= 11 is 6.42. The number of nitrogens with one attached hydrogen (secondary N) is 1. The Hall–Kier alpha value is -3.07. The van der Waals surface area contributed by atoms with Crippen LogP contribution in [0.1, 0.15) is 22.9 Å². The lowest BCUT2D eigenvalue weighted by Gasteiger charge is -2.26. The van der Waals surface area contributed by atoms with Crippen molar-refractivity contribution in [2.45, 2.75) is 19.6 Å². The Labute approximate surface area is 194 Å². The first kappa shape index (κ1) is 21.8. The Kier molecular flexibility index (Phi) is 5.97. The summed E-state index contributed by atoms with van der Waals surface area (Å²) in [6.45, 7) is 3.67. The number of benzene rings is 2. The Morgan fingerprint density at radius 3 is 2.88 bits per heavy atom. The minimum atomic E-state index is -0.427. The lowest BCUT2D eigenvalue weighted by molar-refractivity contribution is 0.0762. The number of nitrogens with zero attached hydrogens (tertiary/aromatic N) is 3. The molecule has 3 heterocycles. The zero-order valence-corrected chi connectivity index (χ0v) is 18.6. The van der Waals surface area contributed by atoms with Crippen molar-refractivity contribution in [2.75, 3.05) is 19.8 Å². The second-order valence-corrected chi connectivity index (χ2v) is 8.27. The maximum atomic E-state index is 14.1. The van der Waals surface area contributed by atoms with Gasteiger partial charge in [-0.15, -0.1) is 0 Å². The second kappa shape index (κ2) is 9.05. The molecule has 1 unspecified atom stereocenters. The summed E-state index contributed by atoms with van der Waals surface area (Å²) in [5.41, 5.74) is 3.42. The number of rotatable bonds is 5. The highest BCUT2D eigenvalue weighted by molar-refractivity contribution is 6.31. The van der Waals surface area contributed by atoms with Crippen molar-refractivity contribution in [2.24, 2.45) is 0 Å². The van der Waals surface area contributed by atoms with Crippen molar-refractivity contribution in [3.63, 3.8) is 0 Å². The topological polar surface area (TPSA) is 61.2 Å². The normalized spacial score (nSPS) is 16.3. The van der Waals surface area contributed by atoms with E-state index in [1.165, 1.54) is 23.0 Å². The fourth-order valence-corrected chi connectivity index (χ4v) is 4.34. The summed E-state index contributed by atoms with van der Waals surface area (Å²) in [6.07, 6.45) is 2.47. The lowest BCUT2D eigenvalue weighted by Crippen LogP contribution is -2.35. The molecule has 0 aliphatic carbocycles. The maximum Gasteiger partial charge on any atom is 0.161 e. The molecular formula is C24H21ClF2N4O2. The Bertz CT molecular complexity index is 1320. The van der Waals surface area contributed by atoms with Crippen LogP contribution in [0.4, 0.5) is 8.78 Å². The van der Waals surface area contributed by atoms with Gasteiger partial charge in [-0.3, -0.25) is 0 Å². The quantitative estimate of drug-likeness (QED) is 0.449. The number of pyridine rings is 1. The molecule has 6 nitrogen and oxygen atoms in total. The van der Waals surface area contributed by atoms with Crippen molar-refractivity contribution < 1.29 is 18.3 Å². The van der Waals surface area contributed by atoms with Crippen LogP contribution in [-0.4, -0.2) is 34.5 Å². The van der Waals surface area contributed by atoms with E-state index in [1.54, 1.807) is 6.07 Å². The molecule has 2 aromatic heterocycles. The third-order valence-corrected chi connectivity index (χ3v) is 5.91. The molecule has 4 aromatic rings. The standard InChI is InChI=1S/C24H21ClF2N4O2/c1-14-7-22(31-11-16(27)10-29-31)17-3-2-4-23(24(17)30-14)33-12-19-18(8-15(26)9-20(19)25)21-13-32-6-5-28-21/h2-4,7-11,21,28H,5-6,12-13H2,1H3. The van der Waals surface area contributed by atoms with Gasteiger partial charge in [0.05, 0.1) is 42.4 Å². The van der Waals surface area contributed by atoms with Gasteiger partial charge in [0.1, 0.15) is 23.7 Å². The number of morpholine rings is 1. The molecule has 170 valence electrons. The van der Waals surface area contributed by atoms with Gasteiger partial charge in [0.25, 0.3) is 0 Å². The monoisotopic (exact) mass is 470 g/mol. The molecule has 1 atom stereocenters. The molecule has 1 aliphatic rings. The fraction of sp³-hybridized carbons (Fsp3) is 0.250. The number of para-hydroxylation sites is 1. The molecular weight excluding hydrogens is 450 g/mol. The molecule has 1 N–H and O–H groups in total. The first-order valence-corrected chi connectivity index (χ1v) is 10.9. The third kappa shape index (κ3) is 4.42.